The Balaban J connectivity index is 1.58. The first-order valence-electron chi connectivity index (χ1n) is 13.8. The SMILES string of the molecule is Cc1ccc(C2=NN(C(=O)CN(CCN3CCOCC3)C(=O)CC(C)(C)C)[C@H](c3ccc(Cl)cc3)C2)cc1C. The molecule has 0 spiro atoms. The quantitative estimate of drug-likeness (QED) is 0.450. The minimum Gasteiger partial charge on any atom is -0.379 e. The molecule has 2 aromatic rings. The molecule has 1 saturated heterocycles. The van der Waals surface area contributed by atoms with Crippen molar-refractivity contribution in [2.75, 3.05) is 45.9 Å². The molecule has 0 unspecified atom stereocenters. The molecule has 2 heterocycles. The fourth-order valence-electron chi connectivity index (χ4n) is 4.96. The van der Waals surface area contributed by atoms with Crippen LogP contribution in [0.1, 0.15) is 61.9 Å². The second-order valence-electron chi connectivity index (χ2n) is 11.9. The van der Waals surface area contributed by atoms with E-state index in [4.69, 9.17) is 21.4 Å². The lowest BCUT2D eigenvalue weighted by molar-refractivity contribution is -0.142. The van der Waals surface area contributed by atoms with Crippen molar-refractivity contribution in [3.05, 3.63) is 69.7 Å². The smallest absolute Gasteiger partial charge is 0.262 e. The number of hydrazone groups is 1. The van der Waals surface area contributed by atoms with Crippen LogP contribution in [0.5, 0.6) is 0 Å². The van der Waals surface area contributed by atoms with Crippen molar-refractivity contribution in [3.8, 4) is 0 Å². The van der Waals surface area contributed by atoms with Crippen LogP contribution < -0.4 is 0 Å². The first-order chi connectivity index (χ1) is 18.5. The average molecular weight is 553 g/mol. The highest BCUT2D eigenvalue weighted by molar-refractivity contribution is 6.30. The predicted molar refractivity (Wildman–Crippen MR) is 156 cm³/mol. The van der Waals surface area contributed by atoms with Crippen LogP contribution in [0, 0.1) is 19.3 Å². The van der Waals surface area contributed by atoms with E-state index >= 15 is 0 Å². The van der Waals surface area contributed by atoms with Gasteiger partial charge in [0.05, 0.1) is 25.0 Å². The van der Waals surface area contributed by atoms with E-state index in [-0.39, 0.29) is 29.8 Å². The molecular weight excluding hydrogens is 512 g/mol. The molecule has 210 valence electrons. The van der Waals surface area contributed by atoms with Crippen LogP contribution >= 0.6 is 11.6 Å². The number of amides is 2. The number of hydrogen-bond acceptors (Lipinski definition) is 5. The molecule has 0 N–H and O–H groups in total. The topological polar surface area (TPSA) is 65.5 Å². The zero-order chi connectivity index (χ0) is 28.2. The summed E-state index contributed by atoms with van der Waals surface area (Å²) in [6, 6.07) is 13.6. The van der Waals surface area contributed by atoms with E-state index in [9.17, 15) is 9.59 Å². The van der Waals surface area contributed by atoms with Crippen molar-refractivity contribution in [3.63, 3.8) is 0 Å². The summed E-state index contributed by atoms with van der Waals surface area (Å²) in [7, 11) is 0. The Morgan fingerprint density at radius 1 is 1.05 bits per heavy atom. The Kier molecular flexibility index (Phi) is 9.47. The highest BCUT2D eigenvalue weighted by Gasteiger charge is 2.35. The van der Waals surface area contributed by atoms with Gasteiger partial charge >= 0.3 is 0 Å². The average Bonchev–Trinajstić information content (AvgIpc) is 3.34. The van der Waals surface area contributed by atoms with Gasteiger partial charge in [0.2, 0.25) is 5.91 Å². The summed E-state index contributed by atoms with van der Waals surface area (Å²) in [5, 5.41) is 7.08. The van der Waals surface area contributed by atoms with Crippen molar-refractivity contribution >= 4 is 29.1 Å². The van der Waals surface area contributed by atoms with Gasteiger partial charge in [0, 0.05) is 44.0 Å². The number of aryl methyl sites for hydroxylation is 2. The number of benzene rings is 2. The number of carbonyl (C=O) groups excluding carboxylic acids is 2. The van der Waals surface area contributed by atoms with E-state index in [1.807, 2.05) is 45.0 Å². The summed E-state index contributed by atoms with van der Waals surface area (Å²) in [6.07, 6.45) is 0.973. The third-order valence-corrected chi connectivity index (χ3v) is 7.66. The summed E-state index contributed by atoms with van der Waals surface area (Å²) in [5.41, 5.74) is 5.08. The summed E-state index contributed by atoms with van der Waals surface area (Å²) in [6.45, 7) is 14.6. The lowest BCUT2D eigenvalue weighted by Gasteiger charge is -2.32. The van der Waals surface area contributed by atoms with Crippen LogP contribution in [0.4, 0.5) is 0 Å². The van der Waals surface area contributed by atoms with Crippen molar-refractivity contribution in [1.29, 1.82) is 0 Å². The van der Waals surface area contributed by atoms with Gasteiger partial charge in [-0.3, -0.25) is 14.5 Å². The Hall–Kier alpha value is -2.74. The van der Waals surface area contributed by atoms with Crippen molar-refractivity contribution < 1.29 is 14.3 Å². The van der Waals surface area contributed by atoms with Gasteiger partial charge in [-0.05, 0) is 59.7 Å². The first-order valence-corrected chi connectivity index (χ1v) is 14.2. The van der Waals surface area contributed by atoms with Gasteiger partial charge in [-0.15, -0.1) is 0 Å². The van der Waals surface area contributed by atoms with Gasteiger partial charge in [0.15, 0.2) is 0 Å². The summed E-state index contributed by atoms with van der Waals surface area (Å²) in [4.78, 5) is 31.3. The summed E-state index contributed by atoms with van der Waals surface area (Å²) >= 11 is 6.16. The van der Waals surface area contributed by atoms with Crippen LogP contribution in [-0.4, -0.2) is 78.3 Å². The van der Waals surface area contributed by atoms with Crippen molar-refractivity contribution in [2.45, 2.75) is 53.5 Å². The third-order valence-electron chi connectivity index (χ3n) is 7.41. The van der Waals surface area contributed by atoms with Crippen molar-refractivity contribution in [1.82, 2.24) is 14.8 Å². The normalized spacial score (nSPS) is 18.3. The lowest BCUT2D eigenvalue weighted by atomic mass is 9.91. The molecule has 2 aliphatic heterocycles. The second-order valence-corrected chi connectivity index (χ2v) is 12.3. The molecule has 2 aliphatic rings. The minimum absolute atomic E-state index is 0.00690. The van der Waals surface area contributed by atoms with E-state index in [1.54, 1.807) is 9.91 Å². The molecule has 0 aromatic heterocycles. The van der Waals surface area contributed by atoms with Gasteiger partial charge in [-0.25, -0.2) is 5.01 Å². The molecular formula is C31H41ClN4O3. The summed E-state index contributed by atoms with van der Waals surface area (Å²) < 4.78 is 5.47. The number of hydrogen-bond donors (Lipinski definition) is 0. The number of morpholine rings is 1. The molecule has 0 radical (unpaired) electrons. The fourth-order valence-corrected chi connectivity index (χ4v) is 5.09. The standard InChI is InChI=1S/C31H41ClN4O3/c1-22-6-7-25(18-23(22)2)27-19-28(24-8-10-26(32)11-9-24)36(33-27)30(38)21-35(29(37)20-31(3,4)5)13-12-34-14-16-39-17-15-34/h6-11,18,28H,12-17,19-21H2,1-5H3/t28-/m0/s1. The van der Waals surface area contributed by atoms with Crippen LogP contribution in [0.2, 0.25) is 5.02 Å². The van der Waals surface area contributed by atoms with E-state index in [1.165, 1.54) is 11.1 Å². The monoisotopic (exact) mass is 552 g/mol. The zero-order valence-corrected chi connectivity index (χ0v) is 24.6. The highest BCUT2D eigenvalue weighted by Crippen LogP contribution is 2.34. The molecule has 0 bridgehead atoms. The molecule has 39 heavy (non-hydrogen) atoms. The van der Waals surface area contributed by atoms with Gasteiger partial charge < -0.3 is 9.64 Å². The Labute approximate surface area is 237 Å². The van der Waals surface area contributed by atoms with Crippen LogP contribution in [0.25, 0.3) is 0 Å². The van der Waals surface area contributed by atoms with Gasteiger partial charge in [-0.2, -0.15) is 5.10 Å². The van der Waals surface area contributed by atoms with E-state index < -0.39 is 0 Å². The van der Waals surface area contributed by atoms with Crippen LogP contribution in [0.15, 0.2) is 47.6 Å². The fraction of sp³-hybridized carbons (Fsp3) is 0.516. The Morgan fingerprint density at radius 3 is 2.38 bits per heavy atom. The Morgan fingerprint density at radius 2 is 1.74 bits per heavy atom. The van der Waals surface area contributed by atoms with E-state index in [0.29, 0.717) is 44.2 Å². The lowest BCUT2D eigenvalue weighted by Crippen LogP contribution is -2.47. The largest absolute Gasteiger partial charge is 0.379 e. The van der Waals surface area contributed by atoms with Crippen LogP contribution in [-0.2, 0) is 14.3 Å². The van der Waals surface area contributed by atoms with Crippen LogP contribution in [0.3, 0.4) is 0 Å². The van der Waals surface area contributed by atoms with Crippen molar-refractivity contribution in [2.24, 2.45) is 10.5 Å². The molecule has 1 fully saturated rings. The molecule has 0 aliphatic carbocycles. The first kappa shape index (κ1) is 29.2. The maximum atomic E-state index is 13.9. The van der Waals surface area contributed by atoms with Gasteiger partial charge in [0.1, 0.15) is 6.54 Å². The second kappa shape index (κ2) is 12.6. The highest BCUT2D eigenvalue weighted by atomic mass is 35.5. The third kappa shape index (κ3) is 7.90. The number of halogens is 1. The van der Waals surface area contributed by atoms with E-state index in [2.05, 4.69) is 36.9 Å². The number of ether oxygens (including phenoxy) is 1. The maximum Gasteiger partial charge on any atom is 0.262 e. The molecule has 7 nitrogen and oxygen atoms in total. The van der Waals surface area contributed by atoms with E-state index in [0.717, 1.165) is 29.9 Å². The molecule has 8 heteroatoms. The Bertz CT molecular complexity index is 1200. The van der Waals surface area contributed by atoms with Gasteiger partial charge in [0.25, 0.3) is 5.91 Å². The molecule has 0 saturated carbocycles. The van der Waals surface area contributed by atoms with Gasteiger partial charge in [-0.1, -0.05) is 56.6 Å². The molecule has 2 amide bonds. The molecule has 1 atom stereocenters. The predicted octanol–water partition coefficient (Wildman–Crippen LogP) is 5.23. The maximum absolute atomic E-state index is 13.9. The number of carbonyl (C=O) groups is 2. The molecule has 2 aromatic carbocycles. The number of rotatable bonds is 8. The number of nitrogens with zero attached hydrogens (tertiary/aromatic N) is 4. The molecule has 4 rings (SSSR count). The minimum atomic E-state index is -0.259. The zero-order valence-electron chi connectivity index (χ0n) is 23.9. The summed E-state index contributed by atoms with van der Waals surface area (Å²) in [5.74, 6) is -0.192.